The van der Waals surface area contributed by atoms with Crippen LogP contribution >= 0.6 is 0 Å². The molecule has 0 unspecified atom stereocenters. The second kappa shape index (κ2) is 4.37. The molecule has 1 saturated carbocycles. The van der Waals surface area contributed by atoms with Crippen LogP contribution in [0, 0.1) is 5.92 Å². The van der Waals surface area contributed by atoms with E-state index in [9.17, 15) is 0 Å². The van der Waals surface area contributed by atoms with Crippen molar-refractivity contribution in [3.8, 4) is 16.9 Å². The summed E-state index contributed by atoms with van der Waals surface area (Å²) in [7, 11) is 1.68. The van der Waals surface area contributed by atoms with Crippen molar-refractivity contribution in [2.75, 3.05) is 12.8 Å². The molecular formula is C14H17N3O. The van der Waals surface area contributed by atoms with Crippen LogP contribution in [-0.2, 0) is 6.42 Å². The first-order valence-electron chi connectivity index (χ1n) is 6.25. The number of hydrogen-bond acceptors (Lipinski definition) is 3. The predicted molar refractivity (Wildman–Crippen MR) is 71.4 cm³/mol. The third-order valence-corrected chi connectivity index (χ3v) is 3.44. The Bertz CT molecular complexity index is 558. The number of aromatic amines is 1. The molecule has 1 aromatic heterocycles. The van der Waals surface area contributed by atoms with Crippen LogP contribution in [0.2, 0.25) is 0 Å². The number of rotatable bonds is 4. The highest BCUT2D eigenvalue weighted by atomic mass is 16.5. The molecule has 1 fully saturated rings. The zero-order valence-corrected chi connectivity index (χ0v) is 10.4. The van der Waals surface area contributed by atoms with E-state index < -0.39 is 0 Å². The second-order valence-electron chi connectivity index (χ2n) is 4.81. The molecule has 1 aliphatic rings. The molecule has 94 valence electrons. The van der Waals surface area contributed by atoms with Gasteiger partial charge in [-0.3, -0.25) is 5.10 Å². The number of nitrogens with zero attached hydrogens (tertiary/aromatic N) is 1. The first kappa shape index (κ1) is 11.1. The summed E-state index contributed by atoms with van der Waals surface area (Å²) in [5, 5.41) is 7.21. The van der Waals surface area contributed by atoms with E-state index in [2.05, 4.69) is 10.2 Å². The van der Waals surface area contributed by atoms with Crippen molar-refractivity contribution in [1.82, 2.24) is 10.2 Å². The van der Waals surface area contributed by atoms with Gasteiger partial charge in [0.1, 0.15) is 5.75 Å². The van der Waals surface area contributed by atoms with Gasteiger partial charge in [-0.25, -0.2) is 0 Å². The van der Waals surface area contributed by atoms with Gasteiger partial charge < -0.3 is 10.5 Å². The summed E-state index contributed by atoms with van der Waals surface area (Å²) in [4.78, 5) is 0. The number of benzene rings is 1. The van der Waals surface area contributed by atoms with Gasteiger partial charge in [0.05, 0.1) is 12.7 Å². The van der Waals surface area contributed by atoms with Gasteiger partial charge in [-0.05, 0) is 31.2 Å². The quantitative estimate of drug-likeness (QED) is 0.867. The minimum atomic E-state index is 0.551. The van der Waals surface area contributed by atoms with E-state index in [1.165, 1.54) is 12.8 Å². The van der Waals surface area contributed by atoms with E-state index in [-0.39, 0.29) is 0 Å². The molecule has 4 heteroatoms. The Kier molecular flexibility index (Phi) is 2.70. The fourth-order valence-corrected chi connectivity index (χ4v) is 2.30. The van der Waals surface area contributed by atoms with E-state index in [1.54, 1.807) is 7.11 Å². The lowest BCUT2D eigenvalue weighted by molar-refractivity contribution is 0.416. The monoisotopic (exact) mass is 243 g/mol. The standard InChI is InChI=1S/C14H17N3O/c1-18-12-5-3-2-4-10(12)13-11(8-9-6-7-9)16-17-14(13)15/h2-5,9H,6-8H2,1H3,(H3,15,16,17). The summed E-state index contributed by atoms with van der Waals surface area (Å²) in [6, 6.07) is 7.92. The fraction of sp³-hybridized carbons (Fsp3) is 0.357. The van der Waals surface area contributed by atoms with Gasteiger partial charge in [0, 0.05) is 11.3 Å². The SMILES string of the molecule is COc1ccccc1-c1c(N)n[nH]c1CC1CC1. The van der Waals surface area contributed by atoms with Crippen LogP contribution in [0.1, 0.15) is 18.5 Å². The molecule has 0 spiro atoms. The largest absolute Gasteiger partial charge is 0.496 e. The van der Waals surface area contributed by atoms with E-state index >= 15 is 0 Å². The van der Waals surface area contributed by atoms with E-state index in [4.69, 9.17) is 10.5 Å². The number of nitrogen functional groups attached to an aromatic ring is 1. The summed E-state index contributed by atoms with van der Waals surface area (Å²) in [6.07, 6.45) is 3.65. The number of anilines is 1. The molecule has 0 radical (unpaired) electrons. The maximum Gasteiger partial charge on any atom is 0.153 e. The lowest BCUT2D eigenvalue weighted by Crippen LogP contribution is -1.95. The summed E-state index contributed by atoms with van der Waals surface area (Å²) in [5.74, 6) is 2.18. The van der Waals surface area contributed by atoms with E-state index in [0.717, 1.165) is 34.9 Å². The molecule has 1 aromatic carbocycles. The van der Waals surface area contributed by atoms with E-state index in [1.807, 2.05) is 24.3 Å². The Morgan fingerprint density at radius 1 is 1.39 bits per heavy atom. The van der Waals surface area contributed by atoms with Gasteiger partial charge in [0.25, 0.3) is 0 Å². The van der Waals surface area contributed by atoms with Crippen LogP contribution in [0.5, 0.6) is 5.75 Å². The Morgan fingerprint density at radius 2 is 2.17 bits per heavy atom. The molecule has 4 nitrogen and oxygen atoms in total. The number of nitrogens with two attached hydrogens (primary N) is 1. The smallest absolute Gasteiger partial charge is 0.153 e. The Morgan fingerprint density at radius 3 is 2.89 bits per heavy atom. The summed E-state index contributed by atoms with van der Waals surface area (Å²) in [6.45, 7) is 0. The molecule has 1 aliphatic carbocycles. The molecule has 0 bridgehead atoms. The van der Waals surface area contributed by atoms with Crippen LogP contribution < -0.4 is 10.5 Å². The normalized spacial score (nSPS) is 14.7. The molecular weight excluding hydrogens is 226 g/mol. The molecule has 18 heavy (non-hydrogen) atoms. The van der Waals surface area contributed by atoms with Crippen LogP contribution in [0.3, 0.4) is 0 Å². The van der Waals surface area contributed by atoms with Crippen LogP contribution in [-0.4, -0.2) is 17.3 Å². The van der Waals surface area contributed by atoms with Crippen molar-refractivity contribution >= 4 is 5.82 Å². The average molecular weight is 243 g/mol. The van der Waals surface area contributed by atoms with Crippen molar-refractivity contribution in [3.05, 3.63) is 30.0 Å². The zero-order chi connectivity index (χ0) is 12.5. The maximum atomic E-state index is 6.00. The number of ether oxygens (including phenoxy) is 1. The highest BCUT2D eigenvalue weighted by molar-refractivity contribution is 5.80. The topological polar surface area (TPSA) is 63.9 Å². The minimum absolute atomic E-state index is 0.551. The van der Waals surface area contributed by atoms with Gasteiger partial charge in [0.2, 0.25) is 0 Å². The van der Waals surface area contributed by atoms with Crippen LogP contribution in [0.15, 0.2) is 24.3 Å². The highest BCUT2D eigenvalue weighted by Gasteiger charge is 2.25. The van der Waals surface area contributed by atoms with Gasteiger partial charge in [-0.2, -0.15) is 5.10 Å². The zero-order valence-electron chi connectivity index (χ0n) is 10.4. The molecule has 0 atom stereocenters. The lowest BCUT2D eigenvalue weighted by atomic mass is 10.0. The van der Waals surface area contributed by atoms with Gasteiger partial charge in [-0.1, -0.05) is 18.2 Å². The molecule has 0 saturated heterocycles. The molecule has 0 aliphatic heterocycles. The number of aromatic nitrogens is 2. The lowest BCUT2D eigenvalue weighted by Gasteiger charge is -2.09. The van der Waals surface area contributed by atoms with Crippen LogP contribution in [0.4, 0.5) is 5.82 Å². The first-order valence-corrected chi connectivity index (χ1v) is 6.25. The molecule has 0 amide bonds. The summed E-state index contributed by atoms with van der Waals surface area (Å²) in [5.41, 5.74) is 9.13. The van der Waals surface area contributed by atoms with Crippen molar-refractivity contribution in [2.45, 2.75) is 19.3 Å². The summed E-state index contributed by atoms with van der Waals surface area (Å²) < 4.78 is 5.40. The highest BCUT2D eigenvalue weighted by Crippen LogP contribution is 2.39. The van der Waals surface area contributed by atoms with Crippen molar-refractivity contribution in [1.29, 1.82) is 0 Å². The Hall–Kier alpha value is -1.97. The maximum absolute atomic E-state index is 6.00. The number of hydrogen-bond donors (Lipinski definition) is 2. The molecule has 2 aromatic rings. The van der Waals surface area contributed by atoms with Crippen LogP contribution in [0.25, 0.3) is 11.1 Å². The van der Waals surface area contributed by atoms with Gasteiger partial charge in [0.15, 0.2) is 5.82 Å². The third kappa shape index (κ3) is 1.94. The van der Waals surface area contributed by atoms with E-state index in [0.29, 0.717) is 5.82 Å². The number of nitrogens with one attached hydrogen (secondary N) is 1. The second-order valence-corrected chi connectivity index (χ2v) is 4.81. The minimum Gasteiger partial charge on any atom is -0.496 e. The van der Waals surface area contributed by atoms with Gasteiger partial charge >= 0.3 is 0 Å². The van der Waals surface area contributed by atoms with Crippen molar-refractivity contribution < 1.29 is 4.74 Å². The van der Waals surface area contributed by atoms with Crippen molar-refractivity contribution in [3.63, 3.8) is 0 Å². The van der Waals surface area contributed by atoms with Gasteiger partial charge in [-0.15, -0.1) is 0 Å². The predicted octanol–water partition coefficient (Wildman–Crippen LogP) is 2.62. The average Bonchev–Trinajstić information content (AvgIpc) is 3.13. The number of methoxy groups -OCH3 is 1. The molecule has 3 N–H and O–H groups in total. The molecule has 1 heterocycles. The fourth-order valence-electron chi connectivity index (χ4n) is 2.30. The third-order valence-electron chi connectivity index (χ3n) is 3.44. The number of para-hydroxylation sites is 1. The molecule has 3 rings (SSSR count). The number of H-pyrrole nitrogens is 1. The Balaban J connectivity index is 2.06. The van der Waals surface area contributed by atoms with Crippen molar-refractivity contribution in [2.24, 2.45) is 5.92 Å². The Labute approximate surface area is 106 Å². The summed E-state index contributed by atoms with van der Waals surface area (Å²) >= 11 is 0. The first-order chi connectivity index (χ1) is 8.79.